The second-order valence-corrected chi connectivity index (χ2v) is 8.37. The molecule has 1 heterocycles. The molecular formula is C10H20NO4P. The van der Waals surface area contributed by atoms with Crippen molar-refractivity contribution in [3.63, 3.8) is 0 Å². The number of hydrogen-bond donors (Lipinski definition) is 1. The molecule has 16 heavy (non-hydrogen) atoms. The molecule has 94 valence electrons. The first-order valence-corrected chi connectivity index (χ1v) is 7.92. The lowest BCUT2D eigenvalue weighted by atomic mass is 10.3. The summed E-state index contributed by atoms with van der Waals surface area (Å²) < 4.78 is 23.1. The average Bonchev–Trinajstić information content (AvgIpc) is 2.39. The van der Waals surface area contributed by atoms with Gasteiger partial charge in [0.15, 0.2) is 5.79 Å². The van der Waals surface area contributed by atoms with E-state index in [-0.39, 0.29) is 12.0 Å². The van der Waals surface area contributed by atoms with Crippen LogP contribution in [0.1, 0.15) is 20.8 Å². The Morgan fingerprint density at radius 3 is 2.38 bits per heavy atom. The maximum atomic E-state index is 12.1. The smallest absolute Gasteiger partial charge is 0.217 e. The Hall–Kier alpha value is -0.380. The lowest BCUT2D eigenvalue weighted by Crippen LogP contribution is -2.43. The Labute approximate surface area is 96.2 Å². The Morgan fingerprint density at radius 2 is 2.06 bits per heavy atom. The van der Waals surface area contributed by atoms with Crippen molar-refractivity contribution in [2.45, 2.75) is 38.4 Å². The van der Waals surface area contributed by atoms with Gasteiger partial charge in [0.2, 0.25) is 5.91 Å². The number of ether oxygens (including phenoxy) is 2. The zero-order valence-electron chi connectivity index (χ0n) is 10.4. The number of carbonyl (C=O) groups is 1. The van der Waals surface area contributed by atoms with Crippen molar-refractivity contribution < 1.29 is 18.8 Å². The van der Waals surface area contributed by atoms with Crippen molar-refractivity contribution in [1.82, 2.24) is 5.32 Å². The Balaban J connectivity index is 2.79. The maximum absolute atomic E-state index is 12.1. The van der Waals surface area contributed by atoms with E-state index in [9.17, 15) is 9.36 Å². The van der Waals surface area contributed by atoms with Gasteiger partial charge in [0.25, 0.3) is 0 Å². The molecule has 1 rings (SSSR count). The summed E-state index contributed by atoms with van der Waals surface area (Å²) in [4.78, 5) is 11.1. The molecule has 2 atom stereocenters. The summed E-state index contributed by atoms with van der Waals surface area (Å²) in [6, 6.07) is 0. The van der Waals surface area contributed by atoms with Crippen molar-refractivity contribution >= 4 is 13.0 Å². The largest absolute Gasteiger partial charge is 0.348 e. The van der Waals surface area contributed by atoms with Crippen LogP contribution in [0.2, 0.25) is 0 Å². The van der Waals surface area contributed by atoms with Gasteiger partial charge in [-0.05, 0) is 27.2 Å². The maximum Gasteiger partial charge on any atom is 0.217 e. The molecule has 1 aliphatic heterocycles. The van der Waals surface area contributed by atoms with E-state index >= 15 is 0 Å². The van der Waals surface area contributed by atoms with E-state index in [0.717, 1.165) is 0 Å². The van der Waals surface area contributed by atoms with Gasteiger partial charge in [0, 0.05) is 6.92 Å². The Morgan fingerprint density at radius 1 is 1.50 bits per heavy atom. The molecular weight excluding hydrogens is 229 g/mol. The molecule has 6 heteroatoms. The molecule has 0 aromatic carbocycles. The minimum atomic E-state index is -2.47. The van der Waals surface area contributed by atoms with Crippen LogP contribution in [0.4, 0.5) is 0 Å². The summed E-state index contributed by atoms with van der Waals surface area (Å²) in [6.07, 6.45) is -0.347. The Bertz CT molecular complexity index is 323. The monoisotopic (exact) mass is 249 g/mol. The molecule has 0 radical (unpaired) electrons. The lowest BCUT2D eigenvalue weighted by Gasteiger charge is -2.27. The molecule has 0 aromatic heterocycles. The van der Waals surface area contributed by atoms with Crippen LogP contribution >= 0.6 is 7.14 Å². The highest BCUT2D eigenvalue weighted by atomic mass is 31.2. The highest BCUT2D eigenvalue weighted by Crippen LogP contribution is 2.45. The predicted octanol–water partition coefficient (Wildman–Crippen LogP) is 1.22. The minimum Gasteiger partial charge on any atom is -0.348 e. The Kier molecular flexibility index (Phi) is 3.83. The molecule has 1 amide bonds. The van der Waals surface area contributed by atoms with Crippen LogP contribution in [0.5, 0.6) is 0 Å². The fraction of sp³-hybridized carbons (Fsp3) is 0.900. The zero-order chi connectivity index (χ0) is 12.6. The van der Waals surface area contributed by atoms with Crippen LogP contribution < -0.4 is 5.32 Å². The molecule has 0 spiro atoms. The van der Waals surface area contributed by atoms with Gasteiger partial charge in [0.05, 0.1) is 6.61 Å². The third-order valence-electron chi connectivity index (χ3n) is 2.40. The topological polar surface area (TPSA) is 64.6 Å². The average molecular weight is 249 g/mol. The third kappa shape index (κ3) is 3.58. The lowest BCUT2D eigenvalue weighted by molar-refractivity contribution is -0.140. The van der Waals surface area contributed by atoms with E-state index in [4.69, 9.17) is 9.47 Å². The molecule has 1 unspecified atom stereocenters. The first-order chi connectivity index (χ1) is 7.12. The molecule has 5 nitrogen and oxygen atoms in total. The molecule has 1 saturated heterocycles. The summed E-state index contributed by atoms with van der Waals surface area (Å²) >= 11 is 0. The van der Waals surface area contributed by atoms with Gasteiger partial charge in [-0.25, -0.2) is 0 Å². The molecule has 0 bridgehead atoms. The summed E-state index contributed by atoms with van der Waals surface area (Å²) in [5, 5.41) is 2.69. The van der Waals surface area contributed by atoms with E-state index in [1.54, 1.807) is 27.2 Å². The highest BCUT2D eigenvalue weighted by Gasteiger charge is 2.42. The van der Waals surface area contributed by atoms with Crippen LogP contribution in [0.3, 0.4) is 0 Å². The summed E-state index contributed by atoms with van der Waals surface area (Å²) in [5.41, 5.74) is 0. The molecule has 1 aliphatic rings. The van der Waals surface area contributed by atoms with Crippen LogP contribution in [0.25, 0.3) is 0 Å². The standard InChI is InChI=1S/C10H20NO4P/c1-7(12)11-9(16(4,5)13)8-6-14-10(2,3)15-8/h8-9H,6H2,1-5H3,(H,11,12)/t8?,9-/m0/s1. The van der Waals surface area contributed by atoms with Gasteiger partial charge in [-0.1, -0.05) is 0 Å². The van der Waals surface area contributed by atoms with Crippen molar-refractivity contribution in [3.05, 3.63) is 0 Å². The minimum absolute atomic E-state index is 0.206. The number of nitrogens with one attached hydrogen (secondary N) is 1. The van der Waals surface area contributed by atoms with Gasteiger partial charge in [-0.15, -0.1) is 0 Å². The van der Waals surface area contributed by atoms with Crippen LogP contribution in [-0.4, -0.2) is 43.5 Å². The predicted molar refractivity (Wildman–Crippen MR) is 62.0 cm³/mol. The van der Waals surface area contributed by atoms with Gasteiger partial charge < -0.3 is 19.4 Å². The van der Waals surface area contributed by atoms with Crippen LogP contribution in [0.15, 0.2) is 0 Å². The summed E-state index contributed by atoms with van der Waals surface area (Å²) in [6.45, 7) is 8.64. The quantitative estimate of drug-likeness (QED) is 0.764. The van der Waals surface area contributed by atoms with E-state index in [1.165, 1.54) is 6.92 Å². The number of rotatable bonds is 3. The van der Waals surface area contributed by atoms with Gasteiger partial charge >= 0.3 is 0 Å². The first kappa shape index (κ1) is 13.7. The highest BCUT2D eigenvalue weighted by molar-refractivity contribution is 7.63. The number of hydrogen-bond acceptors (Lipinski definition) is 4. The molecule has 0 aromatic rings. The van der Waals surface area contributed by atoms with Crippen molar-refractivity contribution in [3.8, 4) is 0 Å². The summed E-state index contributed by atoms with van der Waals surface area (Å²) in [5.74, 6) is -1.36. The third-order valence-corrected chi connectivity index (χ3v) is 4.21. The fourth-order valence-electron chi connectivity index (χ4n) is 1.73. The number of carbonyl (C=O) groups excluding carboxylic acids is 1. The number of amides is 1. The second kappa shape index (κ2) is 4.47. The van der Waals surface area contributed by atoms with Gasteiger partial charge in [-0.2, -0.15) is 0 Å². The summed E-state index contributed by atoms with van der Waals surface area (Å²) in [7, 11) is -2.47. The zero-order valence-corrected chi connectivity index (χ0v) is 11.3. The van der Waals surface area contributed by atoms with E-state index in [1.807, 2.05) is 0 Å². The van der Waals surface area contributed by atoms with Gasteiger partial charge in [0.1, 0.15) is 19.0 Å². The van der Waals surface area contributed by atoms with Crippen molar-refractivity contribution in [2.24, 2.45) is 0 Å². The SMILES string of the molecule is CC(=O)N[C@H](C1COC(C)(C)O1)P(C)(C)=O. The van der Waals surface area contributed by atoms with E-state index < -0.39 is 18.7 Å². The fourth-order valence-corrected chi connectivity index (χ4v) is 3.17. The second-order valence-electron chi connectivity index (χ2n) is 4.95. The van der Waals surface area contributed by atoms with Crippen LogP contribution in [0, 0.1) is 0 Å². The van der Waals surface area contributed by atoms with Crippen molar-refractivity contribution in [1.29, 1.82) is 0 Å². The normalized spacial score (nSPS) is 26.4. The molecule has 0 saturated carbocycles. The van der Waals surface area contributed by atoms with Crippen molar-refractivity contribution in [2.75, 3.05) is 19.9 Å². The van der Waals surface area contributed by atoms with E-state index in [0.29, 0.717) is 6.61 Å². The molecule has 1 fully saturated rings. The molecule has 1 N–H and O–H groups in total. The first-order valence-electron chi connectivity index (χ1n) is 5.25. The van der Waals surface area contributed by atoms with E-state index in [2.05, 4.69) is 5.32 Å². The molecule has 0 aliphatic carbocycles. The van der Waals surface area contributed by atoms with Gasteiger partial charge in [-0.3, -0.25) is 4.79 Å². The van der Waals surface area contributed by atoms with Crippen LogP contribution in [-0.2, 0) is 18.8 Å².